The summed E-state index contributed by atoms with van der Waals surface area (Å²) < 4.78 is 26.2. The van der Waals surface area contributed by atoms with Gasteiger partial charge in [-0.3, -0.25) is 19.4 Å². The minimum absolute atomic E-state index is 0.0684. The highest BCUT2D eigenvalue weighted by Gasteiger charge is 2.43. The largest absolute Gasteiger partial charge is 0.508 e. The Kier molecular flexibility index (Phi) is 9.43. The highest BCUT2D eigenvalue weighted by atomic mass is 19.1. The Hall–Kier alpha value is -5.39. The number of allylic oxidation sites excluding steroid dienone is 1. The van der Waals surface area contributed by atoms with E-state index >= 15 is 0 Å². The first-order chi connectivity index (χ1) is 26.8. The number of rotatable bonds is 11. The van der Waals surface area contributed by atoms with E-state index in [0.717, 1.165) is 85.0 Å². The Morgan fingerprint density at radius 2 is 1.51 bits per heavy atom. The number of anilines is 1. The number of nitrogens with zero attached hydrogens (tertiary/aromatic N) is 4. The van der Waals surface area contributed by atoms with E-state index in [1.165, 1.54) is 12.1 Å². The average Bonchev–Trinajstić information content (AvgIpc) is 3.87. The SMILES string of the molecule is C=C1CC[C@H](N2Cc3cc(OCCN4C[C@H]5C[C@@H]4CN5CCOc4ccc(C5c6ccc(O)cc6CCN5c5ccc(F)cc5)cc4)ccc3C2=O)C(=O)N1. The first kappa shape index (κ1) is 35.3. The number of phenolic OH excluding ortho intramolecular Hbond substituents is 1. The molecule has 2 bridgehead atoms. The number of aromatic hydroxyl groups is 1. The molecule has 0 saturated carbocycles. The second kappa shape index (κ2) is 14.7. The Morgan fingerprint density at radius 1 is 0.800 bits per heavy atom. The van der Waals surface area contributed by atoms with Crippen LogP contribution in [-0.2, 0) is 17.8 Å². The van der Waals surface area contributed by atoms with Gasteiger partial charge in [0.1, 0.15) is 42.3 Å². The number of carbonyl (C=O) groups is 2. The standard InChI is InChI=1S/C44H46FN5O5/c1-28-2-15-41(43(52)46-28)50-25-31-23-38(12-14-40(31)44(50)53)55-21-19-48-27-34-24-35(48)26-47(34)18-20-54-37-10-3-29(4-11-37)42-39-13-9-36(51)22-30(39)16-17-49(42)33-7-5-32(45)6-8-33/h3-14,22-23,34-35,41-42,51H,1-2,15-21,24-27H2,(H,46,52)/t34-,35-,41+,42?/m1/s1. The number of carbonyl (C=O) groups excluding carboxylic acids is 2. The van der Waals surface area contributed by atoms with E-state index in [1.54, 1.807) is 11.0 Å². The Labute approximate surface area is 320 Å². The molecule has 0 aliphatic carbocycles. The van der Waals surface area contributed by atoms with Crippen molar-refractivity contribution in [3.8, 4) is 17.2 Å². The molecule has 3 fully saturated rings. The van der Waals surface area contributed by atoms with Gasteiger partial charge < -0.3 is 29.7 Å². The fraction of sp³-hybridized carbons (Fsp3) is 0.364. The number of fused-ring (bicyclic) bond motifs is 4. The van der Waals surface area contributed by atoms with Crippen LogP contribution in [0.2, 0.25) is 0 Å². The van der Waals surface area contributed by atoms with Gasteiger partial charge in [0.05, 0.1) is 6.04 Å². The maximum Gasteiger partial charge on any atom is 0.255 e. The summed E-state index contributed by atoms with van der Waals surface area (Å²) in [5, 5.41) is 12.9. The smallest absolute Gasteiger partial charge is 0.255 e. The van der Waals surface area contributed by atoms with Gasteiger partial charge in [0, 0.05) is 68.3 Å². The molecule has 2 N–H and O–H groups in total. The zero-order valence-electron chi connectivity index (χ0n) is 30.8. The summed E-state index contributed by atoms with van der Waals surface area (Å²) in [6.07, 6.45) is 3.22. The Morgan fingerprint density at radius 3 is 2.22 bits per heavy atom. The van der Waals surface area contributed by atoms with Crippen molar-refractivity contribution in [2.24, 2.45) is 0 Å². The van der Waals surface area contributed by atoms with Crippen LogP contribution in [0.15, 0.2) is 97.2 Å². The molecule has 1 unspecified atom stereocenters. The van der Waals surface area contributed by atoms with Crippen molar-refractivity contribution in [3.05, 3.63) is 131 Å². The number of hydrogen-bond acceptors (Lipinski definition) is 8. The molecule has 284 valence electrons. The fourth-order valence-corrected chi connectivity index (χ4v) is 9.29. The zero-order chi connectivity index (χ0) is 37.6. The molecule has 5 aliphatic rings. The molecule has 9 rings (SSSR count). The van der Waals surface area contributed by atoms with E-state index in [0.29, 0.717) is 55.9 Å². The van der Waals surface area contributed by atoms with Crippen molar-refractivity contribution >= 4 is 17.5 Å². The maximum absolute atomic E-state index is 13.8. The number of phenols is 1. The lowest BCUT2D eigenvalue weighted by molar-refractivity contribution is -0.126. The molecule has 10 nitrogen and oxygen atoms in total. The highest BCUT2D eigenvalue weighted by Crippen LogP contribution is 2.40. The molecule has 5 aliphatic heterocycles. The summed E-state index contributed by atoms with van der Waals surface area (Å²) in [6.45, 7) is 9.94. The van der Waals surface area contributed by atoms with Crippen LogP contribution in [0.3, 0.4) is 0 Å². The van der Waals surface area contributed by atoms with Crippen LogP contribution in [-0.4, -0.2) is 95.7 Å². The number of ether oxygens (including phenoxy) is 2. The number of amides is 2. The van der Waals surface area contributed by atoms with Gasteiger partial charge in [-0.05, 0) is 115 Å². The molecule has 2 amide bonds. The molecule has 0 radical (unpaired) electrons. The lowest BCUT2D eigenvalue weighted by atomic mass is 9.87. The van der Waals surface area contributed by atoms with E-state index < -0.39 is 6.04 Å². The van der Waals surface area contributed by atoms with Gasteiger partial charge in [-0.25, -0.2) is 4.39 Å². The first-order valence-corrected chi connectivity index (χ1v) is 19.4. The minimum atomic E-state index is -0.468. The summed E-state index contributed by atoms with van der Waals surface area (Å²) >= 11 is 0. The molecule has 11 heteroatoms. The molecular weight excluding hydrogens is 698 g/mol. The Balaban J connectivity index is 0.746. The highest BCUT2D eigenvalue weighted by molar-refractivity contribution is 6.01. The van der Waals surface area contributed by atoms with Crippen molar-refractivity contribution in [1.82, 2.24) is 20.0 Å². The molecule has 4 atom stereocenters. The summed E-state index contributed by atoms with van der Waals surface area (Å²) in [5.41, 5.74) is 6.58. The topological polar surface area (TPSA) is 97.8 Å². The van der Waals surface area contributed by atoms with Crippen LogP contribution < -0.4 is 19.7 Å². The number of halogens is 1. The van der Waals surface area contributed by atoms with Gasteiger partial charge in [0.15, 0.2) is 0 Å². The molecule has 0 aromatic heterocycles. The summed E-state index contributed by atoms with van der Waals surface area (Å²) in [4.78, 5) is 34.6. The molecule has 4 aromatic rings. The normalized spacial score (nSPS) is 23.5. The van der Waals surface area contributed by atoms with E-state index in [2.05, 4.69) is 38.7 Å². The van der Waals surface area contributed by atoms with Crippen molar-refractivity contribution in [2.75, 3.05) is 50.8 Å². The molecule has 3 saturated heterocycles. The lowest BCUT2D eigenvalue weighted by Gasteiger charge is -2.39. The number of hydrogen-bond donors (Lipinski definition) is 2. The van der Waals surface area contributed by atoms with E-state index in [-0.39, 0.29) is 29.4 Å². The molecule has 55 heavy (non-hydrogen) atoms. The van der Waals surface area contributed by atoms with Gasteiger partial charge in [0.2, 0.25) is 5.91 Å². The van der Waals surface area contributed by atoms with Gasteiger partial charge in [-0.2, -0.15) is 0 Å². The summed E-state index contributed by atoms with van der Waals surface area (Å²) in [7, 11) is 0. The molecule has 4 aromatic carbocycles. The predicted octanol–water partition coefficient (Wildman–Crippen LogP) is 5.65. The third kappa shape index (κ3) is 7.02. The molecule has 0 spiro atoms. The van der Waals surface area contributed by atoms with Gasteiger partial charge in [-0.1, -0.05) is 24.8 Å². The van der Waals surface area contributed by atoms with E-state index in [9.17, 15) is 19.1 Å². The zero-order valence-corrected chi connectivity index (χ0v) is 30.8. The number of benzene rings is 4. The van der Waals surface area contributed by atoms with Crippen LogP contribution in [0.4, 0.5) is 10.1 Å². The van der Waals surface area contributed by atoms with Crippen molar-refractivity contribution < 1.29 is 28.6 Å². The van der Waals surface area contributed by atoms with Crippen LogP contribution >= 0.6 is 0 Å². The third-order valence-electron chi connectivity index (χ3n) is 12.1. The van der Waals surface area contributed by atoms with E-state index in [1.807, 2.05) is 54.6 Å². The van der Waals surface area contributed by atoms with Crippen LogP contribution in [0, 0.1) is 5.82 Å². The van der Waals surface area contributed by atoms with Gasteiger partial charge in [-0.15, -0.1) is 0 Å². The number of nitrogens with one attached hydrogen (secondary N) is 1. The van der Waals surface area contributed by atoms with Gasteiger partial charge in [0.25, 0.3) is 5.91 Å². The monoisotopic (exact) mass is 743 g/mol. The summed E-state index contributed by atoms with van der Waals surface area (Å²) in [6, 6.07) is 26.7. The van der Waals surface area contributed by atoms with E-state index in [4.69, 9.17) is 9.47 Å². The number of piperazine rings is 1. The summed E-state index contributed by atoms with van der Waals surface area (Å²) in [5.74, 6) is 1.33. The average molecular weight is 744 g/mol. The third-order valence-corrected chi connectivity index (χ3v) is 12.1. The maximum atomic E-state index is 13.8. The second-order valence-corrected chi connectivity index (χ2v) is 15.4. The van der Waals surface area contributed by atoms with Crippen LogP contribution in [0.25, 0.3) is 0 Å². The lowest BCUT2D eigenvalue weighted by Crippen LogP contribution is -2.49. The predicted molar refractivity (Wildman–Crippen MR) is 207 cm³/mol. The molecule has 5 heterocycles. The second-order valence-electron chi connectivity index (χ2n) is 15.4. The number of piperidine rings is 1. The minimum Gasteiger partial charge on any atom is -0.508 e. The van der Waals surface area contributed by atoms with Crippen LogP contribution in [0.1, 0.15) is 57.9 Å². The van der Waals surface area contributed by atoms with Crippen molar-refractivity contribution in [2.45, 2.75) is 56.4 Å². The Bertz CT molecular complexity index is 2110. The quantitative estimate of drug-likeness (QED) is 0.204. The molecular formula is C44H46FN5O5. The van der Waals surface area contributed by atoms with Crippen molar-refractivity contribution in [3.63, 3.8) is 0 Å². The fourth-order valence-electron chi connectivity index (χ4n) is 9.29. The van der Waals surface area contributed by atoms with Gasteiger partial charge >= 0.3 is 0 Å². The van der Waals surface area contributed by atoms with Crippen LogP contribution in [0.5, 0.6) is 17.2 Å². The first-order valence-electron chi connectivity index (χ1n) is 19.4. The van der Waals surface area contributed by atoms with Crippen molar-refractivity contribution in [1.29, 1.82) is 0 Å². The number of likely N-dealkylation sites (tertiary alicyclic amines) is 2.